The number of carbonyl (C=O) groups is 2. The van der Waals surface area contributed by atoms with Crippen molar-refractivity contribution in [2.75, 3.05) is 31.1 Å². The van der Waals surface area contributed by atoms with E-state index in [1.165, 1.54) is 0 Å². The zero-order valence-electron chi connectivity index (χ0n) is 14.3. The standard InChI is InChI=1S/C18H25N3O3/c1-13(2)19-17(22)14-6-5-9-20(12-14)18(23)21-10-11-24-16-8-4-3-7-15(16)21/h3-4,7-8,13-14H,5-6,9-12H2,1-2H3,(H,19,22). The quantitative estimate of drug-likeness (QED) is 0.904. The number of urea groups is 1. The number of anilines is 1. The molecule has 1 N–H and O–H groups in total. The molecular weight excluding hydrogens is 306 g/mol. The number of carbonyl (C=O) groups excluding carboxylic acids is 2. The number of fused-ring (bicyclic) bond motifs is 1. The second-order valence-corrected chi connectivity index (χ2v) is 6.70. The Morgan fingerprint density at radius 1 is 1.25 bits per heavy atom. The zero-order chi connectivity index (χ0) is 17.1. The molecule has 0 radical (unpaired) electrons. The molecule has 1 atom stereocenters. The van der Waals surface area contributed by atoms with Gasteiger partial charge in [-0.3, -0.25) is 9.69 Å². The van der Waals surface area contributed by atoms with Crippen molar-refractivity contribution in [1.82, 2.24) is 10.2 Å². The first-order chi connectivity index (χ1) is 11.6. The number of nitrogens with zero attached hydrogens (tertiary/aromatic N) is 2. The van der Waals surface area contributed by atoms with Crippen LogP contribution in [0.25, 0.3) is 0 Å². The zero-order valence-corrected chi connectivity index (χ0v) is 14.3. The second kappa shape index (κ2) is 7.11. The molecule has 2 aliphatic rings. The summed E-state index contributed by atoms with van der Waals surface area (Å²) in [5.74, 6) is 0.662. The molecule has 0 aromatic heterocycles. The molecule has 0 saturated carbocycles. The van der Waals surface area contributed by atoms with Crippen LogP contribution in [0.2, 0.25) is 0 Å². The lowest BCUT2D eigenvalue weighted by Crippen LogP contribution is -2.52. The molecule has 1 aromatic rings. The van der Waals surface area contributed by atoms with Gasteiger partial charge < -0.3 is 15.0 Å². The Kier molecular flexibility index (Phi) is 4.92. The maximum absolute atomic E-state index is 13.0. The molecular formula is C18H25N3O3. The maximum Gasteiger partial charge on any atom is 0.324 e. The number of hydrogen-bond acceptors (Lipinski definition) is 3. The van der Waals surface area contributed by atoms with Crippen molar-refractivity contribution in [3.8, 4) is 5.75 Å². The summed E-state index contributed by atoms with van der Waals surface area (Å²) in [6.45, 7) is 6.12. The monoisotopic (exact) mass is 331 g/mol. The minimum atomic E-state index is -0.124. The van der Waals surface area contributed by atoms with Crippen LogP contribution in [0.5, 0.6) is 5.75 Å². The largest absolute Gasteiger partial charge is 0.490 e. The van der Waals surface area contributed by atoms with Crippen LogP contribution in [0.3, 0.4) is 0 Å². The second-order valence-electron chi connectivity index (χ2n) is 6.70. The van der Waals surface area contributed by atoms with E-state index in [0.29, 0.717) is 26.2 Å². The molecule has 1 aromatic carbocycles. The van der Waals surface area contributed by atoms with Crippen molar-refractivity contribution in [1.29, 1.82) is 0 Å². The minimum absolute atomic E-state index is 0.0344. The number of para-hydroxylation sites is 2. The lowest BCUT2D eigenvalue weighted by atomic mass is 9.97. The van der Waals surface area contributed by atoms with Gasteiger partial charge >= 0.3 is 6.03 Å². The van der Waals surface area contributed by atoms with E-state index >= 15 is 0 Å². The molecule has 6 nitrogen and oxygen atoms in total. The van der Waals surface area contributed by atoms with Gasteiger partial charge in [-0.15, -0.1) is 0 Å². The highest BCUT2D eigenvalue weighted by molar-refractivity contribution is 5.94. The fourth-order valence-corrected chi connectivity index (χ4v) is 3.31. The van der Waals surface area contributed by atoms with Gasteiger partial charge in [-0.2, -0.15) is 0 Å². The van der Waals surface area contributed by atoms with E-state index < -0.39 is 0 Å². The molecule has 1 saturated heterocycles. The van der Waals surface area contributed by atoms with Gasteiger partial charge in [0.05, 0.1) is 18.2 Å². The lowest BCUT2D eigenvalue weighted by Gasteiger charge is -2.38. The Morgan fingerprint density at radius 3 is 2.83 bits per heavy atom. The van der Waals surface area contributed by atoms with Crippen LogP contribution in [0, 0.1) is 5.92 Å². The fraction of sp³-hybridized carbons (Fsp3) is 0.556. The number of likely N-dealkylation sites (tertiary alicyclic amines) is 1. The van der Waals surface area contributed by atoms with Crippen molar-refractivity contribution in [2.45, 2.75) is 32.7 Å². The Morgan fingerprint density at radius 2 is 2.04 bits per heavy atom. The van der Waals surface area contributed by atoms with E-state index in [1.807, 2.05) is 38.1 Å². The molecule has 0 bridgehead atoms. The number of ether oxygens (including phenoxy) is 1. The Bertz CT molecular complexity index is 617. The van der Waals surface area contributed by atoms with Crippen molar-refractivity contribution in [3.63, 3.8) is 0 Å². The average molecular weight is 331 g/mol. The summed E-state index contributed by atoms with van der Waals surface area (Å²) in [7, 11) is 0. The molecule has 2 aliphatic heterocycles. The van der Waals surface area contributed by atoms with Gasteiger partial charge in [-0.25, -0.2) is 4.79 Å². The summed E-state index contributed by atoms with van der Waals surface area (Å²) in [6, 6.07) is 7.67. The minimum Gasteiger partial charge on any atom is -0.490 e. The predicted molar refractivity (Wildman–Crippen MR) is 92.3 cm³/mol. The van der Waals surface area contributed by atoms with Gasteiger partial charge in [-0.1, -0.05) is 12.1 Å². The molecule has 6 heteroatoms. The molecule has 1 fully saturated rings. The lowest BCUT2D eigenvalue weighted by molar-refractivity contribution is -0.126. The first-order valence-electron chi connectivity index (χ1n) is 8.65. The normalized spacial score (nSPS) is 20.4. The molecule has 130 valence electrons. The van der Waals surface area contributed by atoms with E-state index in [0.717, 1.165) is 24.3 Å². The summed E-state index contributed by atoms with van der Waals surface area (Å²) in [5.41, 5.74) is 0.808. The van der Waals surface area contributed by atoms with Crippen molar-refractivity contribution in [3.05, 3.63) is 24.3 Å². The van der Waals surface area contributed by atoms with Gasteiger partial charge in [0.1, 0.15) is 12.4 Å². The molecule has 2 heterocycles. The Hall–Kier alpha value is -2.24. The summed E-state index contributed by atoms with van der Waals surface area (Å²) >= 11 is 0. The summed E-state index contributed by atoms with van der Waals surface area (Å²) in [4.78, 5) is 28.8. The first kappa shape index (κ1) is 16.6. The van der Waals surface area contributed by atoms with E-state index in [9.17, 15) is 9.59 Å². The average Bonchev–Trinajstić information content (AvgIpc) is 2.60. The van der Waals surface area contributed by atoms with Gasteiger partial charge in [0.15, 0.2) is 0 Å². The van der Waals surface area contributed by atoms with E-state index in [1.54, 1.807) is 9.80 Å². The predicted octanol–water partition coefficient (Wildman–Crippen LogP) is 2.24. The molecule has 1 unspecified atom stereocenters. The van der Waals surface area contributed by atoms with Crippen LogP contribution in [0.4, 0.5) is 10.5 Å². The van der Waals surface area contributed by atoms with Gasteiger partial charge in [-0.05, 0) is 38.8 Å². The number of rotatable bonds is 2. The van der Waals surface area contributed by atoms with Crippen molar-refractivity contribution < 1.29 is 14.3 Å². The highest BCUT2D eigenvalue weighted by Crippen LogP contribution is 2.32. The maximum atomic E-state index is 13.0. The molecule has 3 amide bonds. The number of hydrogen-bond donors (Lipinski definition) is 1. The highest BCUT2D eigenvalue weighted by Gasteiger charge is 2.33. The fourth-order valence-electron chi connectivity index (χ4n) is 3.31. The number of piperidine rings is 1. The Balaban J connectivity index is 1.70. The third-order valence-corrected chi connectivity index (χ3v) is 4.45. The SMILES string of the molecule is CC(C)NC(=O)C1CCCN(C(=O)N2CCOc3ccccc32)C1. The third-order valence-electron chi connectivity index (χ3n) is 4.45. The molecule has 0 spiro atoms. The molecule has 3 rings (SSSR count). The summed E-state index contributed by atoms with van der Waals surface area (Å²) in [6.07, 6.45) is 1.69. The van der Waals surface area contributed by atoms with E-state index in [4.69, 9.17) is 4.74 Å². The van der Waals surface area contributed by atoms with Crippen LogP contribution >= 0.6 is 0 Å². The van der Waals surface area contributed by atoms with Crippen molar-refractivity contribution >= 4 is 17.6 Å². The number of amides is 3. The van der Waals surface area contributed by atoms with Crippen LogP contribution in [-0.4, -0.2) is 49.1 Å². The Labute approximate surface area is 142 Å². The number of nitrogens with one attached hydrogen (secondary N) is 1. The van der Waals surface area contributed by atoms with E-state index in [2.05, 4.69) is 5.32 Å². The number of benzene rings is 1. The molecule has 24 heavy (non-hydrogen) atoms. The first-order valence-corrected chi connectivity index (χ1v) is 8.65. The van der Waals surface area contributed by atoms with Crippen molar-refractivity contribution in [2.24, 2.45) is 5.92 Å². The van der Waals surface area contributed by atoms with Crippen LogP contribution in [-0.2, 0) is 4.79 Å². The van der Waals surface area contributed by atoms with Crippen LogP contribution in [0.15, 0.2) is 24.3 Å². The highest BCUT2D eigenvalue weighted by atomic mass is 16.5. The van der Waals surface area contributed by atoms with Crippen LogP contribution < -0.4 is 15.0 Å². The van der Waals surface area contributed by atoms with Crippen LogP contribution in [0.1, 0.15) is 26.7 Å². The topological polar surface area (TPSA) is 61.9 Å². The third kappa shape index (κ3) is 3.47. The summed E-state index contributed by atoms with van der Waals surface area (Å²) < 4.78 is 5.62. The van der Waals surface area contributed by atoms with Gasteiger partial charge in [0.2, 0.25) is 5.91 Å². The summed E-state index contributed by atoms with van der Waals surface area (Å²) in [5, 5.41) is 2.96. The van der Waals surface area contributed by atoms with Gasteiger partial charge in [0, 0.05) is 19.1 Å². The smallest absolute Gasteiger partial charge is 0.324 e. The van der Waals surface area contributed by atoms with E-state index in [-0.39, 0.29) is 23.9 Å². The molecule has 0 aliphatic carbocycles. The van der Waals surface area contributed by atoms with Gasteiger partial charge in [0.25, 0.3) is 0 Å².